The largest absolute Gasteiger partial charge is 0.466 e. The molecule has 1 fully saturated rings. The molecule has 0 spiro atoms. The lowest BCUT2D eigenvalue weighted by atomic mass is 10.1. The summed E-state index contributed by atoms with van der Waals surface area (Å²) in [5, 5.41) is 3.11. The van der Waals surface area contributed by atoms with Crippen molar-refractivity contribution in [2.45, 2.75) is 26.3 Å². The van der Waals surface area contributed by atoms with Gasteiger partial charge in [-0.15, -0.1) is 0 Å². The minimum Gasteiger partial charge on any atom is -0.466 e. The van der Waals surface area contributed by atoms with Crippen molar-refractivity contribution in [2.24, 2.45) is 5.92 Å². The molecule has 5 heteroatoms. The van der Waals surface area contributed by atoms with Crippen LogP contribution in [0.5, 0.6) is 0 Å². The third-order valence-corrected chi connectivity index (χ3v) is 2.79. The first-order valence-electron chi connectivity index (χ1n) is 5.71. The van der Waals surface area contributed by atoms with Crippen molar-refractivity contribution in [1.82, 2.24) is 10.2 Å². The highest BCUT2D eigenvalue weighted by Crippen LogP contribution is 2.09. The molecule has 5 nitrogen and oxygen atoms in total. The van der Waals surface area contributed by atoms with Crippen LogP contribution in [0.1, 0.15) is 20.3 Å². The van der Waals surface area contributed by atoms with E-state index in [0.717, 1.165) is 13.0 Å². The van der Waals surface area contributed by atoms with E-state index in [0.29, 0.717) is 13.2 Å². The molecule has 92 valence electrons. The molecule has 0 saturated carbocycles. The Morgan fingerprint density at radius 2 is 2.38 bits per heavy atom. The predicted octanol–water partition coefficient (Wildman–Crippen LogP) is 0.00590. The van der Waals surface area contributed by atoms with E-state index < -0.39 is 0 Å². The summed E-state index contributed by atoms with van der Waals surface area (Å²) in [4.78, 5) is 24.6. The number of hydrogen-bond donors (Lipinski definition) is 1. The second-order valence-electron chi connectivity index (χ2n) is 4.16. The van der Waals surface area contributed by atoms with Crippen LogP contribution in [-0.4, -0.2) is 49.6 Å². The van der Waals surface area contributed by atoms with Crippen molar-refractivity contribution in [1.29, 1.82) is 0 Å². The number of hydrogen-bond acceptors (Lipinski definition) is 4. The van der Waals surface area contributed by atoms with Crippen LogP contribution in [0.3, 0.4) is 0 Å². The zero-order chi connectivity index (χ0) is 12.1. The van der Waals surface area contributed by atoms with Crippen LogP contribution in [-0.2, 0) is 14.3 Å². The van der Waals surface area contributed by atoms with Crippen molar-refractivity contribution in [2.75, 3.05) is 26.7 Å². The molecule has 1 saturated heterocycles. The second-order valence-corrected chi connectivity index (χ2v) is 4.16. The zero-order valence-corrected chi connectivity index (χ0v) is 10.2. The molecular formula is C11H20N2O3. The summed E-state index contributed by atoms with van der Waals surface area (Å²) >= 11 is 0. The fourth-order valence-electron chi connectivity index (χ4n) is 1.70. The van der Waals surface area contributed by atoms with Crippen molar-refractivity contribution in [3.05, 3.63) is 0 Å². The molecule has 2 atom stereocenters. The Bertz CT molecular complexity index is 268. The SMILES string of the molecule is CCOC(=O)C(C)CNC1CCN(C)C1=O. The number of amides is 1. The molecule has 1 rings (SSSR count). The summed E-state index contributed by atoms with van der Waals surface area (Å²) in [5.74, 6) is -0.316. The molecule has 0 aromatic heterocycles. The number of carbonyl (C=O) groups is 2. The van der Waals surface area contributed by atoms with E-state index in [4.69, 9.17) is 4.74 Å². The molecule has 1 heterocycles. The average molecular weight is 228 g/mol. The number of ether oxygens (including phenoxy) is 1. The number of likely N-dealkylation sites (tertiary alicyclic amines) is 1. The maximum absolute atomic E-state index is 11.6. The first-order chi connectivity index (χ1) is 7.56. The third kappa shape index (κ3) is 3.20. The normalized spacial score (nSPS) is 22.3. The highest BCUT2D eigenvalue weighted by molar-refractivity contribution is 5.83. The monoisotopic (exact) mass is 228 g/mol. The van der Waals surface area contributed by atoms with Gasteiger partial charge in [-0.05, 0) is 13.3 Å². The summed E-state index contributed by atoms with van der Waals surface area (Å²) in [6, 6.07) is -0.137. The van der Waals surface area contributed by atoms with Gasteiger partial charge in [0.25, 0.3) is 0 Å². The van der Waals surface area contributed by atoms with Crippen molar-refractivity contribution >= 4 is 11.9 Å². The van der Waals surface area contributed by atoms with Gasteiger partial charge in [0.1, 0.15) is 0 Å². The highest BCUT2D eigenvalue weighted by atomic mass is 16.5. The van der Waals surface area contributed by atoms with E-state index >= 15 is 0 Å². The molecule has 0 aromatic rings. The maximum Gasteiger partial charge on any atom is 0.309 e. The van der Waals surface area contributed by atoms with E-state index in [2.05, 4.69) is 5.32 Å². The van der Waals surface area contributed by atoms with Crippen molar-refractivity contribution < 1.29 is 14.3 Å². The van der Waals surface area contributed by atoms with Crippen LogP contribution >= 0.6 is 0 Å². The van der Waals surface area contributed by atoms with E-state index in [1.807, 2.05) is 0 Å². The second kappa shape index (κ2) is 5.84. The lowest BCUT2D eigenvalue weighted by molar-refractivity contribution is -0.147. The first-order valence-corrected chi connectivity index (χ1v) is 5.71. The van der Waals surface area contributed by atoms with Gasteiger partial charge in [0, 0.05) is 20.1 Å². The predicted molar refractivity (Wildman–Crippen MR) is 59.8 cm³/mol. The molecule has 1 aliphatic rings. The lowest BCUT2D eigenvalue weighted by Gasteiger charge is -2.15. The van der Waals surface area contributed by atoms with Crippen LogP contribution < -0.4 is 5.32 Å². The molecule has 1 aliphatic heterocycles. The molecule has 0 aliphatic carbocycles. The van der Waals surface area contributed by atoms with Crippen molar-refractivity contribution in [3.63, 3.8) is 0 Å². The molecule has 0 radical (unpaired) electrons. The molecule has 1 amide bonds. The van der Waals surface area contributed by atoms with E-state index in [1.54, 1.807) is 25.8 Å². The van der Waals surface area contributed by atoms with Gasteiger partial charge < -0.3 is 15.0 Å². The molecule has 0 aromatic carbocycles. The number of carbonyl (C=O) groups excluding carboxylic acids is 2. The average Bonchev–Trinajstić information content (AvgIpc) is 2.57. The highest BCUT2D eigenvalue weighted by Gasteiger charge is 2.29. The summed E-state index contributed by atoms with van der Waals surface area (Å²) in [6.45, 7) is 5.25. The first kappa shape index (κ1) is 13.0. The fourth-order valence-corrected chi connectivity index (χ4v) is 1.70. The Kier molecular flexibility index (Phi) is 4.73. The lowest BCUT2D eigenvalue weighted by Crippen LogP contribution is -2.40. The molecule has 0 bridgehead atoms. The number of esters is 1. The maximum atomic E-state index is 11.6. The zero-order valence-electron chi connectivity index (χ0n) is 10.2. The summed E-state index contributed by atoms with van der Waals surface area (Å²) < 4.78 is 4.89. The minimum absolute atomic E-state index is 0.107. The summed E-state index contributed by atoms with van der Waals surface area (Å²) in [6.07, 6.45) is 0.810. The smallest absolute Gasteiger partial charge is 0.309 e. The van der Waals surface area contributed by atoms with Gasteiger partial charge in [-0.25, -0.2) is 0 Å². The van der Waals surface area contributed by atoms with Crippen LogP contribution in [0.15, 0.2) is 0 Å². The molecular weight excluding hydrogens is 208 g/mol. The number of rotatable bonds is 5. The van der Waals surface area contributed by atoms with Crippen LogP contribution in [0.2, 0.25) is 0 Å². The number of nitrogens with one attached hydrogen (secondary N) is 1. The van der Waals surface area contributed by atoms with E-state index in [9.17, 15) is 9.59 Å². The topological polar surface area (TPSA) is 58.6 Å². The van der Waals surface area contributed by atoms with Crippen LogP contribution in [0.25, 0.3) is 0 Å². The van der Waals surface area contributed by atoms with Gasteiger partial charge in [0.2, 0.25) is 5.91 Å². The quantitative estimate of drug-likeness (QED) is 0.673. The van der Waals surface area contributed by atoms with Gasteiger partial charge >= 0.3 is 5.97 Å². The van der Waals surface area contributed by atoms with Gasteiger partial charge in [0.15, 0.2) is 0 Å². The Labute approximate surface area is 96.1 Å². The summed E-state index contributed by atoms with van der Waals surface area (Å²) in [5.41, 5.74) is 0. The van der Waals surface area contributed by atoms with Gasteiger partial charge in [-0.3, -0.25) is 9.59 Å². The fraction of sp³-hybridized carbons (Fsp3) is 0.818. The number of nitrogens with zero attached hydrogens (tertiary/aromatic N) is 1. The Morgan fingerprint density at radius 3 is 2.88 bits per heavy atom. The summed E-state index contributed by atoms with van der Waals surface area (Å²) in [7, 11) is 1.79. The third-order valence-electron chi connectivity index (χ3n) is 2.79. The Hall–Kier alpha value is -1.10. The Morgan fingerprint density at radius 1 is 1.69 bits per heavy atom. The van der Waals surface area contributed by atoms with Gasteiger partial charge in [-0.2, -0.15) is 0 Å². The van der Waals surface area contributed by atoms with E-state index in [1.165, 1.54) is 0 Å². The minimum atomic E-state index is -0.214. The molecule has 2 unspecified atom stereocenters. The van der Waals surface area contributed by atoms with Gasteiger partial charge in [-0.1, -0.05) is 6.92 Å². The number of likely N-dealkylation sites (N-methyl/N-ethyl adjacent to an activating group) is 1. The van der Waals surface area contributed by atoms with E-state index in [-0.39, 0.29) is 23.8 Å². The van der Waals surface area contributed by atoms with Crippen LogP contribution in [0.4, 0.5) is 0 Å². The van der Waals surface area contributed by atoms with Crippen molar-refractivity contribution in [3.8, 4) is 0 Å². The molecule has 16 heavy (non-hydrogen) atoms. The molecule has 1 N–H and O–H groups in total. The van der Waals surface area contributed by atoms with Gasteiger partial charge in [0.05, 0.1) is 18.6 Å². The van der Waals surface area contributed by atoms with Crippen LogP contribution in [0, 0.1) is 5.92 Å². The Balaban J connectivity index is 2.29. The standard InChI is InChI=1S/C11H20N2O3/c1-4-16-11(15)8(2)7-12-9-5-6-13(3)10(9)14/h8-9,12H,4-7H2,1-3H3.